The van der Waals surface area contributed by atoms with Gasteiger partial charge in [0, 0.05) is 6.61 Å². The van der Waals surface area contributed by atoms with E-state index in [1.165, 1.54) is 11.3 Å². The molecule has 0 radical (unpaired) electrons. The van der Waals surface area contributed by atoms with Gasteiger partial charge in [-0.3, -0.25) is 10.1 Å². The third-order valence-corrected chi connectivity index (χ3v) is 2.55. The monoisotopic (exact) mass is 264 g/mol. The summed E-state index contributed by atoms with van der Waals surface area (Å²) in [5.41, 5.74) is 0. The molecule has 0 aliphatic carbocycles. The number of anilines is 1. The molecule has 0 unspecified atom stereocenters. The molecule has 4 nitrogen and oxygen atoms in total. The molecule has 1 heterocycles. The molecule has 0 aliphatic heterocycles. The molecule has 0 bridgehead atoms. The Morgan fingerprint density at radius 2 is 2.62 bits per heavy atom. The highest BCUT2D eigenvalue weighted by Gasteiger charge is 2.04. The molecule has 0 fully saturated rings. The molecule has 1 N–H and O–H groups in total. The van der Waals surface area contributed by atoms with Crippen LogP contribution in [0.3, 0.4) is 0 Å². The topological polar surface area (TPSA) is 51.2 Å². The van der Waals surface area contributed by atoms with Gasteiger partial charge in [-0.2, -0.15) is 0 Å². The predicted molar refractivity (Wildman–Crippen MR) is 54.9 cm³/mol. The van der Waals surface area contributed by atoms with Crippen molar-refractivity contribution in [2.75, 3.05) is 18.5 Å². The van der Waals surface area contributed by atoms with Crippen molar-refractivity contribution < 1.29 is 9.53 Å². The van der Waals surface area contributed by atoms with Crippen molar-refractivity contribution in [1.82, 2.24) is 4.98 Å². The van der Waals surface area contributed by atoms with E-state index in [9.17, 15) is 4.79 Å². The van der Waals surface area contributed by atoms with E-state index in [1.54, 1.807) is 6.20 Å². The second-order valence-electron chi connectivity index (χ2n) is 2.15. The summed E-state index contributed by atoms with van der Waals surface area (Å²) in [5.74, 6) is -0.177. The smallest absolute Gasteiger partial charge is 0.252 e. The Morgan fingerprint density at radius 1 is 1.85 bits per heavy atom. The summed E-state index contributed by atoms with van der Waals surface area (Å²) in [6, 6.07) is 0. The van der Waals surface area contributed by atoms with Gasteiger partial charge < -0.3 is 4.74 Å². The number of hydrogen-bond donors (Lipinski definition) is 1. The van der Waals surface area contributed by atoms with Crippen LogP contribution in [0, 0.1) is 0 Å². The van der Waals surface area contributed by atoms with Gasteiger partial charge in [-0.25, -0.2) is 4.98 Å². The molecule has 1 amide bonds. The van der Waals surface area contributed by atoms with E-state index in [-0.39, 0.29) is 12.5 Å². The van der Waals surface area contributed by atoms with Crippen LogP contribution in [0.5, 0.6) is 0 Å². The minimum Gasteiger partial charge on any atom is -0.372 e. The Bertz CT molecular complexity index is 290. The van der Waals surface area contributed by atoms with Gasteiger partial charge in [-0.1, -0.05) is 11.3 Å². The minimum atomic E-state index is -0.177. The second-order valence-corrected chi connectivity index (χ2v) is 4.56. The quantitative estimate of drug-likeness (QED) is 0.904. The summed E-state index contributed by atoms with van der Waals surface area (Å²) in [6.45, 7) is 2.45. The van der Waals surface area contributed by atoms with Gasteiger partial charge in [-0.05, 0) is 22.9 Å². The Morgan fingerprint density at radius 3 is 3.15 bits per heavy atom. The van der Waals surface area contributed by atoms with E-state index in [0.717, 1.165) is 3.79 Å². The third-order valence-electron chi connectivity index (χ3n) is 1.16. The average molecular weight is 265 g/mol. The van der Waals surface area contributed by atoms with Gasteiger partial charge in [0.1, 0.15) is 6.61 Å². The molecule has 1 aromatic heterocycles. The van der Waals surface area contributed by atoms with Gasteiger partial charge in [0.2, 0.25) is 0 Å². The first kappa shape index (κ1) is 10.6. The highest BCUT2D eigenvalue weighted by atomic mass is 79.9. The maximum Gasteiger partial charge on any atom is 0.252 e. The third kappa shape index (κ3) is 3.84. The van der Waals surface area contributed by atoms with E-state index >= 15 is 0 Å². The van der Waals surface area contributed by atoms with Crippen LogP contribution < -0.4 is 5.32 Å². The molecule has 0 saturated heterocycles. The maximum atomic E-state index is 11.1. The number of nitrogens with zero attached hydrogens (tertiary/aromatic N) is 1. The van der Waals surface area contributed by atoms with Crippen molar-refractivity contribution in [2.45, 2.75) is 6.92 Å². The van der Waals surface area contributed by atoms with Crippen LogP contribution in [-0.2, 0) is 9.53 Å². The van der Waals surface area contributed by atoms with E-state index in [4.69, 9.17) is 4.74 Å². The Labute approximate surface area is 88.4 Å². The van der Waals surface area contributed by atoms with E-state index < -0.39 is 0 Å². The van der Waals surface area contributed by atoms with Crippen molar-refractivity contribution in [3.63, 3.8) is 0 Å². The first-order chi connectivity index (χ1) is 6.22. The number of thiazole rings is 1. The summed E-state index contributed by atoms with van der Waals surface area (Å²) in [5, 5.41) is 3.19. The normalized spacial score (nSPS) is 10.0. The van der Waals surface area contributed by atoms with Crippen LogP contribution in [0.1, 0.15) is 6.92 Å². The number of aromatic nitrogens is 1. The van der Waals surface area contributed by atoms with Crippen molar-refractivity contribution in [1.29, 1.82) is 0 Å². The van der Waals surface area contributed by atoms with Gasteiger partial charge in [-0.15, -0.1) is 0 Å². The summed E-state index contributed by atoms with van der Waals surface area (Å²) in [4.78, 5) is 15.0. The fourth-order valence-electron chi connectivity index (χ4n) is 0.662. The number of carbonyl (C=O) groups is 1. The zero-order chi connectivity index (χ0) is 9.68. The van der Waals surface area contributed by atoms with Crippen LogP contribution in [0.25, 0.3) is 0 Å². The summed E-state index contributed by atoms with van der Waals surface area (Å²) in [6.07, 6.45) is 1.64. The average Bonchev–Trinajstić information content (AvgIpc) is 2.48. The molecule has 1 aromatic rings. The maximum absolute atomic E-state index is 11.1. The van der Waals surface area contributed by atoms with Crippen molar-refractivity contribution in [3.05, 3.63) is 9.98 Å². The molecule has 0 aliphatic rings. The molecule has 0 aromatic carbocycles. The molecule has 6 heteroatoms. The van der Waals surface area contributed by atoms with Crippen molar-refractivity contribution in [3.8, 4) is 0 Å². The Kier molecular flexibility index (Phi) is 4.34. The molecular weight excluding hydrogens is 256 g/mol. The van der Waals surface area contributed by atoms with E-state index in [2.05, 4.69) is 26.2 Å². The summed E-state index contributed by atoms with van der Waals surface area (Å²) in [7, 11) is 0. The number of nitrogens with one attached hydrogen (secondary N) is 1. The molecule has 13 heavy (non-hydrogen) atoms. The summed E-state index contributed by atoms with van der Waals surface area (Å²) >= 11 is 4.62. The van der Waals surface area contributed by atoms with Crippen molar-refractivity contribution >= 4 is 38.3 Å². The van der Waals surface area contributed by atoms with Crippen LogP contribution >= 0.6 is 27.3 Å². The lowest BCUT2D eigenvalue weighted by Crippen LogP contribution is -2.17. The largest absolute Gasteiger partial charge is 0.372 e. The van der Waals surface area contributed by atoms with Crippen LogP contribution in [0.4, 0.5) is 5.13 Å². The number of amides is 1. The predicted octanol–water partition coefficient (Wildman–Crippen LogP) is 1.88. The Balaban J connectivity index is 2.36. The fourth-order valence-corrected chi connectivity index (χ4v) is 1.79. The zero-order valence-electron chi connectivity index (χ0n) is 7.04. The lowest BCUT2D eigenvalue weighted by Gasteiger charge is -2.00. The van der Waals surface area contributed by atoms with E-state index in [1.807, 2.05) is 6.92 Å². The standard InChI is InChI=1S/C7H9BrN2O2S/c1-2-12-4-6(11)10-7-9-3-5(8)13-7/h3H,2,4H2,1H3,(H,9,10,11). The van der Waals surface area contributed by atoms with Gasteiger partial charge in [0.15, 0.2) is 5.13 Å². The van der Waals surface area contributed by atoms with E-state index in [0.29, 0.717) is 11.7 Å². The molecular formula is C7H9BrN2O2S. The SMILES string of the molecule is CCOCC(=O)Nc1ncc(Br)s1. The number of rotatable bonds is 4. The molecule has 0 saturated carbocycles. The highest BCUT2D eigenvalue weighted by Crippen LogP contribution is 2.22. The number of carbonyl (C=O) groups excluding carboxylic acids is 1. The lowest BCUT2D eigenvalue weighted by molar-refractivity contribution is -0.120. The minimum absolute atomic E-state index is 0.0771. The highest BCUT2D eigenvalue weighted by molar-refractivity contribution is 9.11. The van der Waals surface area contributed by atoms with Crippen LogP contribution in [0.2, 0.25) is 0 Å². The van der Waals surface area contributed by atoms with Crippen LogP contribution in [-0.4, -0.2) is 24.1 Å². The zero-order valence-corrected chi connectivity index (χ0v) is 9.44. The fraction of sp³-hybridized carbons (Fsp3) is 0.429. The van der Waals surface area contributed by atoms with Crippen LogP contribution in [0.15, 0.2) is 9.98 Å². The lowest BCUT2D eigenvalue weighted by atomic mass is 10.6. The molecule has 0 spiro atoms. The molecule has 1 rings (SSSR count). The second kappa shape index (κ2) is 5.31. The van der Waals surface area contributed by atoms with Gasteiger partial charge in [0.25, 0.3) is 5.91 Å². The van der Waals surface area contributed by atoms with Gasteiger partial charge >= 0.3 is 0 Å². The summed E-state index contributed by atoms with van der Waals surface area (Å²) < 4.78 is 5.82. The molecule has 0 atom stereocenters. The first-order valence-electron chi connectivity index (χ1n) is 3.71. The number of ether oxygens (including phenoxy) is 1. The number of hydrogen-bond acceptors (Lipinski definition) is 4. The van der Waals surface area contributed by atoms with Gasteiger partial charge in [0.05, 0.1) is 9.98 Å². The molecule has 72 valence electrons. The first-order valence-corrected chi connectivity index (χ1v) is 5.32. The van der Waals surface area contributed by atoms with Crippen molar-refractivity contribution in [2.24, 2.45) is 0 Å². The Hall–Kier alpha value is -0.460. The number of halogens is 1.